The average molecular weight is 368 g/mol. The van der Waals surface area contributed by atoms with Crippen LogP contribution < -0.4 is 15.5 Å². The number of rotatable bonds is 4. The number of nitrogens with zero attached hydrogens (tertiary/aromatic N) is 2. The van der Waals surface area contributed by atoms with E-state index >= 15 is 0 Å². The lowest BCUT2D eigenvalue weighted by Crippen LogP contribution is -2.50. The van der Waals surface area contributed by atoms with Crippen molar-refractivity contribution in [1.82, 2.24) is 10.6 Å². The van der Waals surface area contributed by atoms with Gasteiger partial charge in [0.1, 0.15) is 6.07 Å². The fourth-order valence-electron chi connectivity index (χ4n) is 4.03. The van der Waals surface area contributed by atoms with Crippen molar-refractivity contribution in [2.24, 2.45) is 0 Å². The Labute approximate surface area is 160 Å². The van der Waals surface area contributed by atoms with E-state index < -0.39 is 0 Å². The number of carbonyl (C=O) groups excluding carboxylic acids is 2. The van der Waals surface area contributed by atoms with Gasteiger partial charge in [-0.2, -0.15) is 5.26 Å². The summed E-state index contributed by atoms with van der Waals surface area (Å²) in [4.78, 5) is 26.0. The predicted octanol–water partition coefficient (Wildman–Crippen LogP) is 3.36. The monoisotopic (exact) mass is 368 g/mol. The molecule has 144 valence electrons. The van der Waals surface area contributed by atoms with Crippen molar-refractivity contribution < 1.29 is 9.59 Å². The summed E-state index contributed by atoms with van der Waals surface area (Å²) < 4.78 is 0. The van der Waals surface area contributed by atoms with Crippen LogP contribution in [0.15, 0.2) is 18.2 Å². The van der Waals surface area contributed by atoms with Gasteiger partial charge in [-0.15, -0.1) is 0 Å². The van der Waals surface area contributed by atoms with Gasteiger partial charge in [0, 0.05) is 30.7 Å². The SMILES string of the molecule is CC(=O)c1ccc(C#N)c(N2CCC(NC(=O)NC3CCCCC3)CC2)c1. The van der Waals surface area contributed by atoms with Crippen LogP contribution in [0.1, 0.15) is 67.8 Å². The zero-order chi connectivity index (χ0) is 19.2. The molecule has 2 amide bonds. The van der Waals surface area contributed by atoms with Crippen molar-refractivity contribution in [3.63, 3.8) is 0 Å². The van der Waals surface area contributed by atoms with Crippen LogP contribution in [0.2, 0.25) is 0 Å². The molecule has 0 unspecified atom stereocenters. The number of amides is 2. The fraction of sp³-hybridized carbons (Fsp3) is 0.571. The number of benzene rings is 1. The van der Waals surface area contributed by atoms with Crippen LogP contribution >= 0.6 is 0 Å². The highest BCUT2D eigenvalue weighted by molar-refractivity contribution is 5.95. The normalized spacial score (nSPS) is 18.6. The largest absolute Gasteiger partial charge is 0.370 e. The van der Waals surface area contributed by atoms with Gasteiger partial charge in [-0.05, 0) is 50.8 Å². The third kappa shape index (κ3) is 5.00. The first-order valence-electron chi connectivity index (χ1n) is 9.94. The van der Waals surface area contributed by atoms with Crippen molar-refractivity contribution in [1.29, 1.82) is 5.26 Å². The molecule has 0 bridgehead atoms. The molecular formula is C21H28N4O2. The molecule has 1 saturated heterocycles. The zero-order valence-corrected chi connectivity index (χ0v) is 16.0. The Morgan fingerprint density at radius 2 is 1.67 bits per heavy atom. The second-order valence-corrected chi connectivity index (χ2v) is 7.61. The minimum absolute atomic E-state index is 0.00308. The van der Waals surface area contributed by atoms with Gasteiger partial charge in [-0.1, -0.05) is 19.3 Å². The maximum Gasteiger partial charge on any atom is 0.315 e. The van der Waals surface area contributed by atoms with Crippen LogP contribution in [0.4, 0.5) is 10.5 Å². The first kappa shape index (κ1) is 19.2. The van der Waals surface area contributed by atoms with E-state index in [4.69, 9.17) is 0 Å². The van der Waals surface area contributed by atoms with E-state index in [0.29, 0.717) is 17.2 Å². The van der Waals surface area contributed by atoms with Crippen molar-refractivity contribution in [2.75, 3.05) is 18.0 Å². The summed E-state index contributed by atoms with van der Waals surface area (Å²) in [6.07, 6.45) is 7.48. The lowest BCUT2D eigenvalue weighted by molar-refractivity contribution is 0.101. The van der Waals surface area contributed by atoms with Crippen LogP contribution in [0.3, 0.4) is 0 Å². The summed E-state index contributed by atoms with van der Waals surface area (Å²) in [5.74, 6) is -0.00308. The number of carbonyl (C=O) groups is 2. The topological polar surface area (TPSA) is 85.2 Å². The van der Waals surface area contributed by atoms with Crippen LogP contribution in [0.25, 0.3) is 0 Å². The van der Waals surface area contributed by atoms with Crippen molar-refractivity contribution in [3.05, 3.63) is 29.3 Å². The molecule has 6 nitrogen and oxygen atoms in total. The summed E-state index contributed by atoms with van der Waals surface area (Å²) in [6.45, 7) is 3.04. The summed E-state index contributed by atoms with van der Waals surface area (Å²) in [5, 5.41) is 15.6. The standard InChI is InChI=1S/C21H28N4O2/c1-15(26)16-7-8-17(14-22)20(13-16)25-11-9-19(10-12-25)24-21(27)23-18-5-3-2-4-6-18/h7-8,13,18-19H,2-6,9-12H2,1H3,(H2,23,24,27). The maximum absolute atomic E-state index is 12.2. The van der Waals surface area contributed by atoms with Gasteiger partial charge in [0.2, 0.25) is 0 Å². The van der Waals surface area contributed by atoms with Gasteiger partial charge in [0.25, 0.3) is 0 Å². The molecule has 1 aliphatic carbocycles. The molecule has 1 aliphatic heterocycles. The minimum Gasteiger partial charge on any atom is -0.370 e. The predicted molar refractivity (Wildman–Crippen MR) is 105 cm³/mol. The van der Waals surface area contributed by atoms with Crippen molar-refractivity contribution in [3.8, 4) is 6.07 Å². The number of nitriles is 1. The molecule has 0 aromatic heterocycles. The molecule has 27 heavy (non-hydrogen) atoms. The molecule has 6 heteroatoms. The number of piperidine rings is 1. The number of anilines is 1. The molecule has 0 spiro atoms. The molecule has 0 atom stereocenters. The third-order valence-electron chi connectivity index (χ3n) is 5.64. The Morgan fingerprint density at radius 1 is 1.04 bits per heavy atom. The number of hydrogen-bond donors (Lipinski definition) is 2. The third-order valence-corrected chi connectivity index (χ3v) is 5.64. The van der Waals surface area contributed by atoms with E-state index in [9.17, 15) is 14.9 Å². The quantitative estimate of drug-likeness (QED) is 0.798. The van der Waals surface area contributed by atoms with Gasteiger partial charge in [-0.25, -0.2) is 4.79 Å². The fourth-order valence-corrected chi connectivity index (χ4v) is 4.03. The van der Waals surface area contributed by atoms with Crippen LogP contribution in [-0.2, 0) is 0 Å². The zero-order valence-electron chi connectivity index (χ0n) is 16.0. The lowest BCUT2D eigenvalue weighted by Gasteiger charge is -2.35. The summed E-state index contributed by atoms with van der Waals surface area (Å²) >= 11 is 0. The van der Waals surface area contributed by atoms with Gasteiger partial charge in [-0.3, -0.25) is 4.79 Å². The molecule has 1 aromatic rings. The molecule has 2 N–H and O–H groups in total. The van der Waals surface area contributed by atoms with Crippen LogP contribution in [-0.4, -0.2) is 37.0 Å². The number of Topliss-reactive ketones (excluding diaryl/α,β-unsaturated/α-hetero) is 1. The minimum atomic E-state index is -0.0587. The molecule has 3 rings (SSSR count). The Morgan fingerprint density at radius 3 is 2.26 bits per heavy atom. The Kier molecular flexibility index (Phi) is 6.33. The molecule has 2 fully saturated rings. The highest BCUT2D eigenvalue weighted by Crippen LogP contribution is 2.26. The lowest BCUT2D eigenvalue weighted by atomic mass is 9.96. The van der Waals surface area contributed by atoms with E-state index in [1.165, 1.54) is 26.2 Å². The molecule has 0 radical (unpaired) electrons. The Hall–Kier alpha value is -2.55. The molecular weight excluding hydrogens is 340 g/mol. The summed E-state index contributed by atoms with van der Waals surface area (Å²) in [5.41, 5.74) is 2.02. The van der Waals surface area contributed by atoms with Gasteiger partial charge in [0.15, 0.2) is 5.78 Å². The van der Waals surface area contributed by atoms with Crippen molar-refractivity contribution in [2.45, 2.75) is 64.0 Å². The van der Waals surface area contributed by atoms with E-state index in [1.54, 1.807) is 12.1 Å². The summed E-state index contributed by atoms with van der Waals surface area (Å²) in [6, 6.07) is 7.84. The number of ketones is 1. The van der Waals surface area contributed by atoms with Gasteiger partial charge >= 0.3 is 6.03 Å². The van der Waals surface area contributed by atoms with E-state index in [2.05, 4.69) is 21.6 Å². The van der Waals surface area contributed by atoms with E-state index in [1.807, 2.05) is 6.07 Å². The van der Waals surface area contributed by atoms with E-state index in [0.717, 1.165) is 44.5 Å². The highest BCUT2D eigenvalue weighted by Gasteiger charge is 2.24. The second-order valence-electron chi connectivity index (χ2n) is 7.61. The first-order valence-corrected chi connectivity index (χ1v) is 9.94. The second kappa shape index (κ2) is 8.90. The molecule has 1 aromatic carbocycles. The number of hydrogen-bond acceptors (Lipinski definition) is 4. The van der Waals surface area contributed by atoms with Crippen LogP contribution in [0, 0.1) is 11.3 Å². The van der Waals surface area contributed by atoms with Gasteiger partial charge in [0.05, 0.1) is 11.3 Å². The Balaban J connectivity index is 1.54. The molecule has 1 heterocycles. The Bertz CT molecular complexity index is 726. The van der Waals surface area contributed by atoms with Gasteiger partial charge < -0.3 is 15.5 Å². The van der Waals surface area contributed by atoms with Crippen molar-refractivity contribution >= 4 is 17.5 Å². The van der Waals surface area contributed by atoms with E-state index in [-0.39, 0.29) is 17.9 Å². The first-order chi connectivity index (χ1) is 13.1. The highest BCUT2D eigenvalue weighted by atomic mass is 16.2. The smallest absolute Gasteiger partial charge is 0.315 e. The average Bonchev–Trinajstić information content (AvgIpc) is 2.68. The molecule has 1 saturated carbocycles. The number of nitrogens with one attached hydrogen (secondary N) is 2. The van der Waals surface area contributed by atoms with Crippen LogP contribution in [0.5, 0.6) is 0 Å². The molecule has 2 aliphatic rings. The number of urea groups is 1. The summed E-state index contributed by atoms with van der Waals surface area (Å²) in [7, 11) is 0. The maximum atomic E-state index is 12.2.